The quantitative estimate of drug-likeness (QED) is 0.0717. The van der Waals surface area contributed by atoms with Gasteiger partial charge in [-0.15, -0.1) is 0 Å². The molecule has 0 unspecified atom stereocenters. The van der Waals surface area contributed by atoms with Gasteiger partial charge in [-0.25, -0.2) is 24.9 Å². The number of carbonyl (C=O) groups excluding carboxylic acids is 2. The summed E-state index contributed by atoms with van der Waals surface area (Å²) >= 11 is 0. The molecule has 15 rings (SSSR count). The van der Waals surface area contributed by atoms with Gasteiger partial charge in [0.15, 0.2) is 34.5 Å². The Morgan fingerprint density at radius 1 is 0.458 bits per heavy atom. The number of nitrogen functional groups attached to an aromatic ring is 1. The number of hydrogen-bond acceptors (Lipinski definition) is 18. The molecule has 9 heterocycles. The summed E-state index contributed by atoms with van der Waals surface area (Å²) in [5.41, 5.74) is 17.0. The lowest BCUT2D eigenvalue weighted by atomic mass is 9.94. The molecule has 0 spiro atoms. The number of aromatic amines is 1. The standard InChI is InChI=1S/C25H25N3O4.C24H23N3O4.C13H15N3O.C12H12O4/c1-15-4-7-21(27-22(15)17-12-16(2)23(30-3)26-14-17)28-24(29)25(8-9-25)18-5-6-19-20(13-18)32-11-10-31-19;1-14-3-6-20(26-21(14)16-11-15(2)22(28)25-13-16)27-23(29)24(7-8-24)17-4-5-18-19(12-17)31-10-9-30-18;1-8-4-5-11(14)16-12(8)10-6-9(2)13(17-3)15-7-10;13-11(14)12(3-4-12)8-1-2-9-10(7-8)16-6-5-15-9/h4-7,12-14H,8-11H2,1-3H3,(H,27,28,29);3-6,11-13H,7-10H2,1-2H3,(H,25,28)(H,26,27,29);4-7H,1-3H3,(H2,14,16);1-2,7H,3-6H2,(H,13,14). The van der Waals surface area contributed by atoms with Gasteiger partial charge in [-0.3, -0.25) is 19.2 Å². The molecule has 0 radical (unpaired) electrons. The maximum absolute atomic E-state index is 13.3. The van der Waals surface area contributed by atoms with E-state index in [-0.39, 0.29) is 17.4 Å². The lowest BCUT2D eigenvalue weighted by Gasteiger charge is -2.21. The van der Waals surface area contributed by atoms with Gasteiger partial charge >= 0.3 is 5.97 Å². The number of carbonyl (C=O) groups is 3. The molecule has 6 N–H and O–H groups in total. The third kappa shape index (κ3) is 13.7. The third-order valence-corrected chi connectivity index (χ3v) is 18.0. The largest absolute Gasteiger partial charge is 0.486 e. The van der Waals surface area contributed by atoms with Gasteiger partial charge in [0.1, 0.15) is 57.1 Å². The predicted molar refractivity (Wildman–Crippen MR) is 361 cm³/mol. The summed E-state index contributed by atoms with van der Waals surface area (Å²) in [6.07, 6.45) is 9.69. The van der Waals surface area contributed by atoms with Gasteiger partial charge in [-0.2, -0.15) is 0 Å². The second-order valence-corrected chi connectivity index (χ2v) is 24.7. The van der Waals surface area contributed by atoms with E-state index < -0.39 is 22.2 Å². The van der Waals surface area contributed by atoms with Crippen LogP contribution in [0.5, 0.6) is 46.3 Å². The van der Waals surface area contributed by atoms with Crippen LogP contribution in [0.15, 0.2) is 133 Å². The summed E-state index contributed by atoms with van der Waals surface area (Å²) in [6.45, 7) is 14.8. The number of aliphatic carboxylic acids is 1. The second kappa shape index (κ2) is 27.1. The number of carboxylic acids is 1. The van der Waals surface area contributed by atoms with Crippen molar-refractivity contribution in [2.75, 3.05) is 70.2 Å². The highest BCUT2D eigenvalue weighted by atomic mass is 16.6. The van der Waals surface area contributed by atoms with E-state index in [9.17, 15) is 24.3 Å². The Morgan fingerprint density at radius 3 is 1.20 bits per heavy atom. The van der Waals surface area contributed by atoms with E-state index in [1.807, 2.05) is 113 Å². The molecular formula is C74H75N9O13. The summed E-state index contributed by atoms with van der Waals surface area (Å²) in [4.78, 5) is 74.4. The number of methoxy groups -OCH3 is 2. The van der Waals surface area contributed by atoms with E-state index in [0.717, 1.165) is 110 Å². The van der Waals surface area contributed by atoms with Crippen LogP contribution in [0, 0.1) is 41.5 Å². The van der Waals surface area contributed by atoms with E-state index in [2.05, 4.69) is 35.6 Å². The highest BCUT2D eigenvalue weighted by molar-refractivity contribution is 6.02. The highest BCUT2D eigenvalue weighted by Crippen LogP contribution is 2.53. The first-order valence-corrected chi connectivity index (χ1v) is 31.8. The number of nitrogens with zero attached hydrogens (tertiary/aromatic N) is 5. The average Bonchev–Trinajstić information content (AvgIpc) is 1.61. The first-order chi connectivity index (χ1) is 46.3. The van der Waals surface area contributed by atoms with Crippen molar-refractivity contribution in [2.45, 2.75) is 96.3 Å². The van der Waals surface area contributed by atoms with Crippen molar-refractivity contribution in [1.82, 2.24) is 29.9 Å². The van der Waals surface area contributed by atoms with Gasteiger partial charge in [-0.1, -0.05) is 36.4 Å². The minimum absolute atomic E-state index is 0.0551. The fourth-order valence-electron chi connectivity index (χ4n) is 12.0. The zero-order valence-corrected chi connectivity index (χ0v) is 54.8. The maximum Gasteiger partial charge on any atom is 0.314 e. The predicted octanol–water partition coefficient (Wildman–Crippen LogP) is 11.6. The third-order valence-electron chi connectivity index (χ3n) is 18.0. The monoisotopic (exact) mass is 1300 g/mol. The molecule has 22 nitrogen and oxygen atoms in total. The summed E-state index contributed by atoms with van der Waals surface area (Å²) in [6, 6.07) is 34.0. The highest BCUT2D eigenvalue weighted by Gasteiger charge is 2.54. The van der Waals surface area contributed by atoms with Crippen LogP contribution >= 0.6 is 0 Å². The zero-order chi connectivity index (χ0) is 67.5. The smallest absolute Gasteiger partial charge is 0.314 e. The number of nitrogens with two attached hydrogens (primary N) is 1. The summed E-state index contributed by atoms with van der Waals surface area (Å²) in [7, 11) is 3.21. The molecular weight excluding hydrogens is 1220 g/mol. The van der Waals surface area contributed by atoms with Crippen molar-refractivity contribution in [3.05, 3.63) is 188 Å². The Labute approximate surface area is 554 Å². The Bertz CT molecular complexity index is 4540. The van der Waals surface area contributed by atoms with Gasteiger partial charge in [0, 0.05) is 52.0 Å². The number of H-pyrrole nitrogens is 1. The van der Waals surface area contributed by atoms with Gasteiger partial charge in [0.25, 0.3) is 5.56 Å². The summed E-state index contributed by atoms with van der Waals surface area (Å²) in [5, 5.41) is 15.2. The summed E-state index contributed by atoms with van der Waals surface area (Å²) in [5.74, 6) is 6.06. The lowest BCUT2D eigenvalue weighted by molar-refractivity contribution is -0.140. The number of benzene rings is 3. The first-order valence-electron chi connectivity index (χ1n) is 31.8. The van der Waals surface area contributed by atoms with Crippen molar-refractivity contribution in [1.29, 1.82) is 0 Å². The second-order valence-electron chi connectivity index (χ2n) is 24.7. The minimum Gasteiger partial charge on any atom is -0.486 e. The van der Waals surface area contributed by atoms with Gasteiger partial charge < -0.3 is 64.4 Å². The SMILES string of the molecule is COc1ncc(-c2nc(N)ccc2C)cc1C.COc1ncc(-c2nc(NC(=O)C3(c4ccc5c(c4)OCCO5)CC3)ccc2C)cc1C.Cc1ccc(NC(=O)C2(c3ccc4c(c3)OCCO4)CC2)nc1-c1c[nH]c(=O)c(C)c1.O=C(O)C1(c2ccc3c(c2)OCCO3)CC1. The normalized spacial score (nSPS) is 15.6. The van der Waals surface area contributed by atoms with Crippen LogP contribution in [-0.4, -0.2) is 107 Å². The zero-order valence-electron chi connectivity index (χ0n) is 54.8. The average molecular weight is 1300 g/mol. The number of rotatable bonds is 13. The molecule has 6 aromatic heterocycles. The minimum atomic E-state index is -0.746. The molecule has 3 aliphatic carbocycles. The topological polar surface area (TPSA) is 293 Å². The molecule has 22 heteroatoms. The Hall–Kier alpha value is -11.0. The van der Waals surface area contributed by atoms with E-state index >= 15 is 0 Å². The van der Waals surface area contributed by atoms with Crippen LogP contribution < -0.4 is 59.8 Å². The van der Waals surface area contributed by atoms with Crippen molar-refractivity contribution < 1.29 is 57.4 Å². The molecule has 3 fully saturated rings. The molecule has 0 saturated heterocycles. The summed E-state index contributed by atoms with van der Waals surface area (Å²) < 4.78 is 43.8. The maximum atomic E-state index is 13.3. The molecule has 3 aliphatic heterocycles. The van der Waals surface area contributed by atoms with E-state index in [4.69, 9.17) is 48.6 Å². The van der Waals surface area contributed by atoms with Crippen molar-refractivity contribution in [2.24, 2.45) is 0 Å². The Morgan fingerprint density at radius 2 is 0.823 bits per heavy atom. The van der Waals surface area contributed by atoms with Gasteiger partial charge in [0.2, 0.25) is 23.6 Å². The number of amides is 2. The molecule has 0 atom stereocenters. The first kappa shape index (κ1) is 65.0. The van der Waals surface area contributed by atoms with E-state index in [0.29, 0.717) is 116 Å². The van der Waals surface area contributed by atoms with Gasteiger partial charge in [0.05, 0.1) is 47.5 Å². The van der Waals surface area contributed by atoms with E-state index in [1.54, 1.807) is 70.1 Å². The molecule has 3 aromatic carbocycles. The fraction of sp³-hybridized carbons (Fsp3) is 0.311. The fourth-order valence-corrected chi connectivity index (χ4v) is 12.0. The molecule has 2 amide bonds. The van der Waals surface area contributed by atoms with Crippen molar-refractivity contribution >= 4 is 35.2 Å². The number of ether oxygens (including phenoxy) is 8. The van der Waals surface area contributed by atoms with E-state index in [1.165, 1.54) is 0 Å². The van der Waals surface area contributed by atoms with Gasteiger partial charge in [-0.05, 0) is 186 Å². The number of carboxylic acid groups (broad SMARTS) is 1. The van der Waals surface area contributed by atoms with Crippen LogP contribution in [0.4, 0.5) is 17.5 Å². The lowest BCUT2D eigenvalue weighted by Crippen LogP contribution is -2.28. The number of nitrogens with one attached hydrogen (secondary N) is 3. The Balaban J connectivity index is 0.000000128. The van der Waals surface area contributed by atoms with Crippen LogP contribution in [-0.2, 0) is 30.6 Å². The number of aromatic nitrogens is 6. The van der Waals surface area contributed by atoms with Crippen LogP contribution in [0.2, 0.25) is 0 Å². The molecule has 9 aromatic rings. The van der Waals surface area contributed by atoms with Crippen molar-refractivity contribution in [3.63, 3.8) is 0 Å². The molecule has 3 saturated carbocycles. The molecule has 0 bridgehead atoms. The number of fused-ring (bicyclic) bond motifs is 3. The molecule has 96 heavy (non-hydrogen) atoms. The van der Waals surface area contributed by atoms with Crippen LogP contribution in [0.3, 0.4) is 0 Å². The number of hydrogen-bond donors (Lipinski definition) is 5. The van der Waals surface area contributed by atoms with Crippen molar-refractivity contribution in [3.8, 4) is 80.0 Å². The molecule has 6 aliphatic rings. The number of anilines is 3. The molecule has 494 valence electrons. The number of pyridine rings is 6. The van der Waals surface area contributed by atoms with Crippen LogP contribution in [0.25, 0.3) is 33.8 Å². The number of aryl methyl sites for hydroxylation is 6. The Kier molecular flexibility index (Phi) is 18.4. The van der Waals surface area contributed by atoms with Crippen LogP contribution in [0.1, 0.15) is 88.6 Å².